The Morgan fingerprint density at radius 1 is 1.11 bits per heavy atom. The van der Waals surface area contributed by atoms with E-state index < -0.39 is 15.9 Å². The molecule has 0 aliphatic carbocycles. The number of nitrogens with zero attached hydrogens (tertiary/aromatic N) is 3. The molecule has 1 saturated heterocycles. The van der Waals surface area contributed by atoms with Crippen molar-refractivity contribution in [1.29, 1.82) is 0 Å². The second kappa shape index (κ2) is 12.3. The van der Waals surface area contributed by atoms with Crippen LogP contribution in [0.3, 0.4) is 0 Å². The van der Waals surface area contributed by atoms with Crippen molar-refractivity contribution in [3.05, 3.63) is 72.4 Å². The van der Waals surface area contributed by atoms with Crippen molar-refractivity contribution in [1.82, 2.24) is 15.2 Å². The van der Waals surface area contributed by atoms with Gasteiger partial charge in [-0.2, -0.15) is 0 Å². The molecule has 198 valence electrons. The Kier molecular flexibility index (Phi) is 9.07. The Hall–Kier alpha value is -2.95. The molecular formula is C26H25Cl3N6O2S. The molecule has 2 aromatic carbocycles. The predicted octanol–water partition coefficient (Wildman–Crippen LogP) is 4.45. The summed E-state index contributed by atoms with van der Waals surface area (Å²) in [5.41, 5.74) is 8.30. The van der Waals surface area contributed by atoms with Gasteiger partial charge in [-0.05, 0) is 54.5 Å². The molecule has 2 amide bonds. The van der Waals surface area contributed by atoms with Gasteiger partial charge in [0.2, 0.25) is 15.6 Å². The van der Waals surface area contributed by atoms with Crippen LogP contribution in [0, 0.1) is 0 Å². The summed E-state index contributed by atoms with van der Waals surface area (Å²) in [6.07, 6.45) is 4.39. The minimum Gasteiger partial charge on any atom is -0.328 e. The zero-order valence-corrected chi connectivity index (χ0v) is 23.2. The molecule has 4 rings (SSSR count). The van der Waals surface area contributed by atoms with Gasteiger partial charge in [-0.15, -0.1) is 0 Å². The number of alkyl halides is 3. The summed E-state index contributed by atoms with van der Waals surface area (Å²) < 4.78 is -1.86. The molecule has 0 spiro atoms. The molecule has 1 aliphatic heterocycles. The number of rotatable bonds is 7. The number of hydrogen-bond donors (Lipinski definition) is 3. The van der Waals surface area contributed by atoms with E-state index in [1.807, 2.05) is 35.2 Å². The molecule has 0 saturated carbocycles. The van der Waals surface area contributed by atoms with Gasteiger partial charge in [0, 0.05) is 36.4 Å². The zero-order chi connectivity index (χ0) is 27.3. The first-order valence-corrected chi connectivity index (χ1v) is 13.3. The molecule has 0 bridgehead atoms. The van der Waals surface area contributed by atoms with Gasteiger partial charge in [0.05, 0.1) is 17.7 Å². The van der Waals surface area contributed by atoms with E-state index in [1.165, 1.54) is 6.08 Å². The van der Waals surface area contributed by atoms with Crippen LogP contribution >= 0.6 is 47.0 Å². The standard InChI is InChI=1S/C26H25Cl3N6O2S/c27-26(28,29)24(33-21(36)12-9-17-7-10-19(11-8-17)32-22(37)16-30)35-15-3-14-34(25(35)38)20-6-1-4-18-5-2-13-31-23(18)20/h1-2,4-13,24H,3,14-16,30H2,(H,32,37)(H,33,36)/b12-9+. The van der Waals surface area contributed by atoms with Crippen molar-refractivity contribution in [2.24, 2.45) is 5.73 Å². The summed E-state index contributed by atoms with van der Waals surface area (Å²) in [6, 6.07) is 16.6. The number of nitrogens with two attached hydrogens (primary N) is 1. The molecule has 1 aromatic heterocycles. The number of thiocarbonyl (C=S) groups is 1. The molecule has 1 fully saturated rings. The van der Waals surface area contributed by atoms with E-state index in [4.69, 9.17) is 52.8 Å². The Morgan fingerprint density at radius 2 is 1.84 bits per heavy atom. The highest BCUT2D eigenvalue weighted by atomic mass is 35.6. The fourth-order valence-electron chi connectivity index (χ4n) is 4.10. The Labute approximate surface area is 240 Å². The van der Waals surface area contributed by atoms with E-state index in [0.717, 1.165) is 28.6 Å². The Balaban J connectivity index is 1.50. The van der Waals surface area contributed by atoms with Gasteiger partial charge in [0.25, 0.3) is 0 Å². The summed E-state index contributed by atoms with van der Waals surface area (Å²) in [7, 11) is 0. The van der Waals surface area contributed by atoms with Gasteiger partial charge in [-0.1, -0.05) is 65.1 Å². The monoisotopic (exact) mass is 590 g/mol. The number of benzene rings is 2. The molecule has 12 heteroatoms. The number of amides is 2. The molecular weight excluding hydrogens is 567 g/mol. The van der Waals surface area contributed by atoms with Crippen LogP contribution in [0.4, 0.5) is 11.4 Å². The van der Waals surface area contributed by atoms with Crippen molar-refractivity contribution >= 4 is 92.3 Å². The van der Waals surface area contributed by atoms with Crippen LogP contribution in [0.2, 0.25) is 0 Å². The first kappa shape index (κ1) is 28.1. The Bertz CT molecular complexity index is 1360. The lowest BCUT2D eigenvalue weighted by Gasteiger charge is -2.44. The maximum atomic E-state index is 12.9. The molecule has 1 unspecified atom stereocenters. The van der Waals surface area contributed by atoms with Crippen LogP contribution in [0.15, 0.2) is 66.9 Å². The number of halogens is 3. The third-order valence-electron chi connectivity index (χ3n) is 5.87. The molecule has 4 N–H and O–H groups in total. The lowest BCUT2D eigenvalue weighted by atomic mass is 10.1. The van der Waals surface area contributed by atoms with Crippen molar-refractivity contribution in [3.63, 3.8) is 0 Å². The van der Waals surface area contributed by atoms with Crippen LogP contribution in [0.5, 0.6) is 0 Å². The molecule has 1 aliphatic rings. The summed E-state index contributed by atoms with van der Waals surface area (Å²) in [5.74, 6) is -0.759. The van der Waals surface area contributed by atoms with Gasteiger partial charge >= 0.3 is 0 Å². The highest BCUT2D eigenvalue weighted by molar-refractivity contribution is 7.80. The third kappa shape index (κ3) is 6.73. The number of aromatic nitrogens is 1. The normalized spacial score (nSPS) is 15.1. The van der Waals surface area contributed by atoms with Crippen molar-refractivity contribution in [3.8, 4) is 0 Å². The maximum Gasteiger partial charge on any atom is 0.245 e. The summed E-state index contributed by atoms with van der Waals surface area (Å²) >= 11 is 24.8. The number of pyridine rings is 1. The first-order valence-electron chi connectivity index (χ1n) is 11.7. The number of para-hydroxylation sites is 1. The summed E-state index contributed by atoms with van der Waals surface area (Å²) in [5, 5.41) is 6.84. The first-order chi connectivity index (χ1) is 18.2. The largest absolute Gasteiger partial charge is 0.328 e. The quantitative estimate of drug-likeness (QED) is 0.212. The predicted molar refractivity (Wildman–Crippen MR) is 158 cm³/mol. The smallest absolute Gasteiger partial charge is 0.245 e. The van der Waals surface area contributed by atoms with E-state index in [1.54, 1.807) is 41.4 Å². The number of nitrogens with one attached hydrogen (secondary N) is 2. The highest BCUT2D eigenvalue weighted by Crippen LogP contribution is 2.35. The number of fused-ring (bicyclic) bond motifs is 1. The van der Waals surface area contributed by atoms with E-state index in [2.05, 4.69) is 15.6 Å². The summed E-state index contributed by atoms with van der Waals surface area (Å²) in [4.78, 5) is 32.5. The van der Waals surface area contributed by atoms with Crippen LogP contribution in [0.1, 0.15) is 12.0 Å². The fourth-order valence-corrected chi connectivity index (χ4v) is 5.00. The van der Waals surface area contributed by atoms with E-state index in [-0.39, 0.29) is 12.5 Å². The average Bonchev–Trinajstić information content (AvgIpc) is 2.91. The number of carbonyl (C=O) groups excluding carboxylic acids is 2. The molecule has 2 heterocycles. The minimum atomic E-state index is -1.86. The van der Waals surface area contributed by atoms with E-state index >= 15 is 0 Å². The van der Waals surface area contributed by atoms with Gasteiger partial charge in [-0.25, -0.2) is 0 Å². The number of anilines is 2. The number of carbonyl (C=O) groups is 2. The van der Waals surface area contributed by atoms with Crippen molar-refractivity contribution in [2.75, 3.05) is 29.9 Å². The molecule has 1 atom stereocenters. The second-order valence-electron chi connectivity index (χ2n) is 8.49. The zero-order valence-electron chi connectivity index (χ0n) is 20.1. The van der Waals surface area contributed by atoms with Crippen LogP contribution in [0.25, 0.3) is 17.0 Å². The van der Waals surface area contributed by atoms with E-state index in [0.29, 0.717) is 23.9 Å². The molecule has 8 nitrogen and oxygen atoms in total. The SMILES string of the molecule is NCC(=O)Nc1ccc(/C=C/C(=O)NC(N2CCCN(c3cccc4cccnc34)C2=S)C(Cl)(Cl)Cl)cc1. The van der Waals surface area contributed by atoms with Gasteiger partial charge < -0.3 is 26.2 Å². The van der Waals surface area contributed by atoms with Gasteiger partial charge in [0.1, 0.15) is 0 Å². The minimum absolute atomic E-state index is 0.108. The molecule has 0 radical (unpaired) electrons. The van der Waals surface area contributed by atoms with Crippen molar-refractivity contribution < 1.29 is 9.59 Å². The lowest BCUT2D eigenvalue weighted by Crippen LogP contribution is -2.62. The average molecular weight is 592 g/mol. The van der Waals surface area contributed by atoms with Gasteiger partial charge in [-0.3, -0.25) is 14.6 Å². The Morgan fingerprint density at radius 3 is 2.55 bits per heavy atom. The van der Waals surface area contributed by atoms with Crippen molar-refractivity contribution in [2.45, 2.75) is 16.4 Å². The third-order valence-corrected chi connectivity index (χ3v) is 6.94. The van der Waals surface area contributed by atoms with Crippen LogP contribution in [-0.4, -0.2) is 56.4 Å². The fraction of sp³-hybridized carbons (Fsp3) is 0.231. The number of hydrogen-bond acceptors (Lipinski definition) is 5. The van der Waals surface area contributed by atoms with Crippen LogP contribution in [-0.2, 0) is 9.59 Å². The summed E-state index contributed by atoms with van der Waals surface area (Å²) in [6.45, 7) is 1.04. The van der Waals surface area contributed by atoms with Gasteiger partial charge in [0.15, 0.2) is 11.3 Å². The second-order valence-corrected chi connectivity index (χ2v) is 11.2. The topological polar surface area (TPSA) is 104 Å². The van der Waals surface area contributed by atoms with Crippen LogP contribution < -0.4 is 21.3 Å². The van der Waals surface area contributed by atoms with E-state index in [9.17, 15) is 9.59 Å². The lowest BCUT2D eigenvalue weighted by molar-refractivity contribution is -0.118. The highest BCUT2D eigenvalue weighted by Gasteiger charge is 2.42. The molecule has 3 aromatic rings. The maximum absolute atomic E-state index is 12.9. The molecule has 38 heavy (non-hydrogen) atoms.